The Bertz CT molecular complexity index is 595. The zero-order chi connectivity index (χ0) is 12.5. The van der Waals surface area contributed by atoms with Gasteiger partial charge >= 0.3 is 0 Å². The zero-order valence-corrected chi connectivity index (χ0v) is 12.4. The fourth-order valence-electron chi connectivity index (χ4n) is 1.58. The van der Waals surface area contributed by atoms with Gasteiger partial charge in [-0.2, -0.15) is 0 Å². The highest BCUT2D eigenvalue weighted by Gasteiger charge is 2.27. The van der Waals surface area contributed by atoms with Gasteiger partial charge in [0.15, 0.2) is 0 Å². The van der Waals surface area contributed by atoms with Crippen molar-refractivity contribution in [1.29, 1.82) is 0 Å². The van der Waals surface area contributed by atoms with Crippen LogP contribution in [0.25, 0.3) is 0 Å². The number of benzene rings is 1. The molecule has 1 aliphatic carbocycles. The number of anilines is 1. The van der Waals surface area contributed by atoms with Crippen molar-refractivity contribution in [2.24, 2.45) is 0 Å². The maximum atomic E-state index is 12.0. The summed E-state index contributed by atoms with van der Waals surface area (Å²) < 4.78 is 1.04. The van der Waals surface area contributed by atoms with Crippen molar-refractivity contribution in [2.75, 3.05) is 5.32 Å². The van der Waals surface area contributed by atoms with Crippen LogP contribution in [0.1, 0.15) is 34.1 Å². The molecule has 1 aromatic heterocycles. The first-order valence-electron chi connectivity index (χ1n) is 5.63. The zero-order valence-electron chi connectivity index (χ0n) is 9.39. The van der Waals surface area contributed by atoms with Crippen molar-refractivity contribution in [1.82, 2.24) is 10.2 Å². The van der Waals surface area contributed by atoms with Crippen LogP contribution in [-0.4, -0.2) is 16.1 Å². The van der Waals surface area contributed by atoms with Gasteiger partial charge in [-0.1, -0.05) is 17.4 Å². The molecule has 1 N–H and O–H groups in total. The summed E-state index contributed by atoms with van der Waals surface area (Å²) in [6.45, 7) is 0. The van der Waals surface area contributed by atoms with E-state index in [4.69, 9.17) is 0 Å². The number of rotatable bonds is 3. The van der Waals surface area contributed by atoms with Crippen LogP contribution < -0.4 is 5.32 Å². The van der Waals surface area contributed by atoms with E-state index in [9.17, 15) is 4.79 Å². The summed E-state index contributed by atoms with van der Waals surface area (Å²) in [5.41, 5.74) is 0.644. The third-order valence-corrected chi connectivity index (χ3v) is 4.35. The molecule has 0 spiro atoms. The quantitative estimate of drug-likeness (QED) is 0.843. The summed E-state index contributed by atoms with van der Waals surface area (Å²) >= 11 is 3.66. The SMILES string of the molecule is O=C(Nc1nnc(C2CC2)s1)c1cccc(I)c1. The Kier molecular flexibility index (Phi) is 3.29. The third-order valence-electron chi connectivity index (χ3n) is 2.67. The van der Waals surface area contributed by atoms with E-state index in [1.807, 2.05) is 18.2 Å². The van der Waals surface area contributed by atoms with Gasteiger partial charge in [-0.05, 0) is 53.6 Å². The first-order valence-corrected chi connectivity index (χ1v) is 7.52. The molecule has 92 valence electrons. The fourth-order valence-corrected chi connectivity index (χ4v) is 3.03. The first-order chi connectivity index (χ1) is 8.72. The molecule has 0 saturated heterocycles. The summed E-state index contributed by atoms with van der Waals surface area (Å²) in [6, 6.07) is 7.46. The van der Waals surface area contributed by atoms with Crippen LogP contribution in [0.3, 0.4) is 0 Å². The molecule has 3 rings (SSSR count). The van der Waals surface area contributed by atoms with E-state index >= 15 is 0 Å². The van der Waals surface area contributed by atoms with Gasteiger partial charge < -0.3 is 0 Å². The highest BCUT2D eigenvalue weighted by Crippen LogP contribution is 2.42. The van der Waals surface area contributed by atoms with Gasteiger partial charge in [0.05, 0.1) is 0 Å². The molecule has 4 nitrogen and oxygen atoms in total. The molecule has 0 unspecified atom stereocenters. The Balaban J connectivity index is 1.73. The van der Waals surface area contributed by atoms with Crippen molar-refractivity contribution >= 4 is 45.0 Å². The molecule has 1 heterocycles. The number of nitrogens with zero attached hydrogens (tertiary/aromatic N) is 2. The van der Waals surface area contributed by atoms with E-state index in [-0.39, 0.29) is 5.91 Å². The van der Waals surface area contributed by atoms with E-state index in [0.717, 1.165) is 8.58 Å². The Morgan fingerprint density at radius 3 is 2.94 bits per heavy atom. The largest absolute Gasteiger partial charge is 0.296 e. The van der Waals surface area contributed by atoms with Gasteiger partial charge in [0, 0.05) is 15.1 Å². The van der Waals surface area contributed by atoms with E-state index in [0.29, 0.717) is 16.6 Å². The lowest BCUT2D eigenvalue weighted by molar-refractivity contribution is 0.102. The molecule has 0 atom stereocenters. The lowest BCUT2D eigenvalue weighted by Crippen LogP contribution is -2.11. The van der Waals surface area contributed by atoms with Crippen LogP contribution in [-0.2, 0) is 0 Å². The fraction of sp³-hybridized carbons (Fsp3) is 0.250. The summed E-state index contributed by atoms with van der Waals surface area (Å²) in [5, 5.41) is 12.5. The first kappa shape index (κ1) is 12.0. The van der Waals surface area contributed by atoms with Crippen molar-refractivity contribution in [3.8, 4) is 0 Å². The summed E-state index contributed by atoms with van der Waals surface area (Å²) in [7, 11) is 0. The summed E-state index contributed by atoms with van der Waals surface area (Å²) in [5.74, 6) is 0.442. The van der Waals surface area contributed by atoms with Crippen LogP contribution in [0, 0.1) is 3.57 Å². The number of aromatic nitrogens is 2. The van der Waals surface area contributed by atoms with Gasteiger partial charge in [0.2, 0.25) is 5.13 Å². The molecule has 0 bridgehead atoms. The average Bonchev–Trinajstić information content (AvgIpc) is 3.11. The van der Waals surface area contributed by atoms with E-state index in [1.165, 1.54) is 24.2 Å². The highest BCUT2D eigenvalue weighted by atomic mass is 127. The molecule has 1 amide bonds. The predicted octanol–water partition coefficient (Wildman–Crippen LogP) is 3.27. The topological polar surface area (TPSA) is 54.9 Å². The number of hydrogen-bond donors (Lipinski definition) is 1. The van der Waals surface area contributed by atoms with Crippen molar-refractivity contribution < 1.29 is 4.79 Å². The Labute approximate surface area is 122 Å². The average molecular weight is 371 g/mol. The molecular weight excluding hydrogens is 361 g/mol. The molecule has 1 fully saturated rings. The number of hydrogen-bond acceptors (Lipinski definition) is 4. The Morgan fingerprint density at radius 1 is 1.39 bits per heavy atom. The van der Waals surface area contributed by atoms with Crippen molar-refractivity contribution in [3.05, 3.63) is 38.4 Å². The van der Waals surface area contributed by atoms with Crippen LogP contribution in [0.5, 0.6) is 0 Å². The molecule has 1 aliphatic rings. The monoisotopic (exact) mass is 371 g/mol. The lowest BCUT2D eigenvalue weighted by Gasteiger charge is -2.01. The molecule has 0 aliphatic heterocycles. The van der Waals surface area contributed by atoms with Crippen LogP contribution in [0.2, 0.25) is 0 Å². The van der Waals surface area contributed by atoms with E-state index in [1.54, 1.807) is 6.07 Å². The summed E-state index contributed by atoms with van der Waals surface area (Å²) in [4.78, 5) is 12.0. The second-order valence-corrected chi connectivity index (χ2v) is 6.44. The van der Waals surface area contributed by atoms with Crippen LogP contribution in [0.4, 0.5) is 5.13 Å². The minimum atomic E-state index is -0.132. The number of carbonyl (C=O) groups is 1. The van der Waals surface area contributed by atoms with Crippen molar-refractivity contribution in [2.45, 2.75) is 18.8 Å². The van der Waals surface area contributed by atoms with Gasteiger partial charge in [0.1, 0.15) is 5.01 Å². The molecule has 18 heavy (non-hydrogen) atoms. The maximum absolute atomic E-state index is 12.0. The number of amides is 1. The molecule has 1 aromatic carbocycles. The standard InChI is InChI=1S/C12H10IN3OS/c13-9-3-1-2-8(6-9)10(17)14-12-16-15-11(18-12)7-4-5-7/h1-3,6-7H,4-5H2,(H,14,16,17). The number of halogens is 1. The van der Waals surface area contributed by atoms with Crippen LogP contribution >= 0.6 is 33.9 Å². The molecule has 2 aromatic rings. The summed E-state index contributed by atoms with van der Waals surface area (Å²) in [6.07, 6.45) is 2.39. The lowest BCUT2D eigenvalue weighted by atomic mass is 10.2. The van der Waals surface area contributed by atoms with Gasteiger partial charge in [-0.3, -0.25) is 10.1 Å². The second kappa shape index (κ2) is 4.93. The smallest absolute Gasteiger partial charge is 0.257 e. The number of nitrogens with one attached hydrogen (secondary N) is 1. The van der Waals surface area contributed by atoms with E-state index < -0.39 is 0 Å². The van der Waals surface area contributed by atoms with E-state index in [2.05, 4.69) is 38.1 Å². The van der Waals surface area contributed by atoms with Crippen LogP contribution in [0.15, 0.2) is 24.3 Å². The predicted molar refractivity (Wildman–Crippen MR) is 79.0 cm³/mol. The Hall–Kier alpha value is -1.02. The number of carbonyl (C=O) groups excluding carboxylic acids is 1. The molecule has 1 saturated carbocycles. The van der Waals surface area contributed by atoms with Gasteiger partial charge in [0.25, 0.3) is 5.91 Å². The second-order valence-electron chi connectivity index (χ2n) is 4.18. The minimum Gasteiger partial charge on any atom is -0.296 e. The minimum absolute atomic E-state index is 0.132. The van der Waals surface area contributed by atoms with Gasteiger partial charge in [-0.25, -0.2) is 0 Å². The molecule has 0 radical (unpaired) electrons. The normalized spacial score (nSPS) is 14.5. The highest BCUT2D eigenvalue weighted by molar-refractivity contribution is 14.1. The van der Waals surface area contributed by atoms with Gasteiger partial charge in [-0.15, -0.1) is 10.2 Å². The van der Waals surface area contributed by atoms with Crippen molar-refractivity contribution in [3.63, 3.8) is 0 Å². The Morgan fingerprint density at radius 2 is 2.22 bits per heavy atom. The molecular formula is C12H10IN3OS. The maximum Gasteiger partial charge on any atom is 0.257 e. The molecule has 6 heteroatoms. The third kappa shape index (κ3) is 2.69.